The second-order valence-electron chi connectivity index (χ2n) is 5.11. The van der Waals surface area contributed by atoms with Crippen LogP contribution in [0, 0.1) is 0 Å². The second kappa shape index (κ2) is 8.15. The highest BCUT2D eigenvalue weighted by Gasteiger charge is 2.17. The average molecular weight is 429 g/mol. The van der Waals surface area contributed by atoms with E-state index in [9.17, 15) is 13.2 Å². The molecule has 8 heteroatoms. The van der Waals surface area contributed by atoms with E-state index in [2.05, 4.69) is 21.2 Å². The van der Waals surface area contributed by atoms with Crippen LogP contribution in [-0.4, -0.2) is 38.5 Å². The summed E-state index contributed by atoms with van der Waals surface area (Å²) in [5.74, 6) is 0.0501. The zero-order chi connectivity index (χ0) is 17.7. The van der Waals surface area contributed by atoms with Gasteiger partial charge in [0.15, 0.2) is 0 Å². The van der Waals surface area contributed by atoms with Crippen LogP contribution in [0.2, 0.25) is 0 Å². The van der Waals surface area contributed by atoms with Crippen molar-refractivity contribution in [2.24, 2.45) is 0 Å². The maximum Gasteiger partial charge on any atom is 0.242 e. The number of rotatable bonds is 6. The number of hydrogen-bond donors (Lipinski definition) is 1. The fourth-order valence-electron chi connectivity index (χ4n) is 1.82. The lowest BCUT2D eigenvalue weighted by atomic mass is 10.3. The van der Waals surface area contributed by atoms with Gasteiger partial charge in [-0.3, -0.25) is 4.79 Å². The van der Waals surface area contributed by atoms with Crippen LogP contribution in [0.15, 0.2) is 62.8 Å². The van der Waals surface area contributed by atoms with Crippen molar-refractivity contribution in [2.45, 2.75) is 9.79 Å². The largest absolute Gasteiger partial charge is 0.325 e. The Labute approximate surface area is 154 Å². The van der Waals surface area contributed by atoms with Gasteiger partial charge in [-0.05, 0) is 42.5 Å². The highest BCUT2D eigenvalue weighted by molar-refractivity contribution is 9.10. The third-order valence-electron chi connectivity index (χ3n) is 3.08. The lowest BCUT2D eigenvalue weighted by molar-refractivity contribution is -0.113. The Kier molecular flexibility index (Phi) is 6.45. The molecule has 2 aromatic carbocycles. The van der Waals surface area contributed by atoms with Gasteiger partial charge in [0.05, 0.1) is 10.6 Å². The summed E-state index contributed by atoms with van der Waals surface area (Å²) < 4.78 is 26.3. The average Bonchev–Trinajstić information content (AvgIpc) is 2.54. The number of hydrogen-bond acceptors (Lipinski definition) is 4. The topological polar surface area (TPSA) is 66.5 Å². The lowest BCUT2D eigenvalue weighted by Gasteiger charge is -2.12. The molecule has 0 radical (unpaired) electrons. The number of thioether (sulfide) groups is 1. The van der Waals surface area contributed by atoms with Crippen LogP contribution in [0.3, 0.4) is 0 Å². The number of benzene rings is 2. The van der Waals surface area contributed by atoms with E-state index >= 15 is 0 Å². The summed E-state index contributed by atoms with van der Waals surface area (Å²) in [7, 11) is -0.587. The van der Waals surface area contributed by atoms with E-state index in [0.717, 1.165) is 13.7 Å². The van der Waals surface area contributed by atoms with E-state index in [0.29, 0.717) is 5.69 Å². The third kappa shape index (κ3) is 5.07. The maximum atomic E-state index is 12.1. The Bertz CT molecular complexity index is 821. The van der Waals surface area contributed by atoms with Gasteiger partial charge in [-0.25, -0.2) is 12.7 Å². The van der Waals surface area contributed by atoms with Crippen molar-refractivity contribution in [1.82, 2.24) is 4.31 Å². The molecule has 0 unspecified atom stereocenters. The first-order valence-corrected chi connectivity index (χ1v) is 10.2. The first kappa shape index (κ1) is 19.0. The quantitative estimate of drug-likeness (QED) is 0.715. The van der Waals surface area contributed by atoms with Gasteiger partial charge in [0.1, 0.15) is 0 Å². The van der Waals surface area contributed by atoms with Crippen molar-refractivity contribution >= 4 is 49.3 Å². The molecule has 0 aromatic heterocycles. The summed E-state index contributed by atoms with van der Waals surface area (Å²) >= 11 is 4.77. The predicted octanol–water partition coefficient (Wildman–Crippen LogP) is 3.43. The second-order valence-corrected chi connectivity index (χ2v) is 9.22. The highest BCUT2D eigenvalue weighted by Crippen LogP contribution is 2.22. The number of halogens is 1. The molecule has 0 aliphatic rings. The summed E-state index contributed by atoms with van der Waals surface area (Å²) in [6.45, 7) is 0. The van der Waals surface area contributed by atoms with Crippen LogP contribution >= 0.6 is 27.7 Å². The van der Waals surface area contributed by atoms with Gasteiger partial charge in [0.2, 0.25) is 15.9 Å². The van der Waals surface area contributed by atoms with E-state index in [-0.39, 0.29) is 16.6 Å². The van der Waals surface area contributed by atoms with Crippen molar-refractivity contribution in [2.75, 3.05) is 25.2 Å². The van der Waals surface area contributed by atoms with Gasteiger partial charge in [0, 0.05) is 29.2 Å². The molecule has 0 saturated heterocycles. The number of amides is 1. The molecule has 0 aliphatic heterocycles. The molecular formula is C16H17BrN2O3S2. The Morgan fingerprint density at radius 3 is 2.46 bits per heavy atom. The molecule has 0 saturated carbocycles. The molecule has 2 rings (SSSR count). The van der Waals surface area contributed by atoms with Gasteiger partial charge in [0.25, 0.3) is 0 Å². The van der Waals surface area contributed by atoms with E-state index in [1.165, 1.54) is 38.0 Å². The van der Waals surface area contributed by atoms with Gasteiger partial charge < -0.3 is 5.32 Å². The summed E-state index contributed by atoms with van der Waals surface area (Å²) in [5.41, 5.74) is 0.458. The van der Waals surface area contributed by atoms with Crippen LogP contribution in [0.1, 0.15) is 0 Å². The fraction of sp³-hybridized carbons (Fsp3) is 0.188. The number of sulfonamides is 1. The van der Waals surface area contributed by atoms with Crippen LogP contribution in [0.5, 0.6) is 0 Å². The van der Waals surface area contributed by atoms with E-state index < -0.39 is 10.0 Å². The molecule has 0 aliphatic carbocycles. The molecule has 0 bridgehead atoms. The number of nitrogens with one attached hydrogen (secondary N) is 1. The third-order valence-corrected chi connectivity index (χ3v) is 6.43. The molecule has 1 amide bonds. The SMILES string of the molecule is CN(C)S(=O)(=O)c1cccc(NC(=O)CSc2ccc(Br)cc2)c1. The standard InChI is InChI=1S/C16H17BrN2O3S2/c1-19(2)24(21,22)15-5-3-4-13(10-15)18-16(20)11-23-14-8-6-12(17)7-9-14/h3-10H,11H2,1-2H3,(H,18,20). The fourth-order valence-corrected chi connectivity index (χ4v) is 3.73. The molecular weight excluding hydrogens is 412 g/mol. The Balaban J connectivity index is 2.00. The number of carbonyl (C=O) groups excluding carboxylic acids is 1. The molecule has 0 spiro atoms. The summed E-state index contributed by atoms with van der Waals surface area (Å²) in [6.07, 6.45) is 0. The minimum absolute atomic E-state index is 0.144. The Morgan fingerprint density at radius 2 is 1.83 bits per heavy atom. The van der Waals surface area contributed by atoms with Crippen molar-refractivity contribution in [3.05, 3.63) is 53.0 Å². The molecule has 2 aromatic rings. The van der Waals surface area contributed by atoms with Crippen molar-refractivity contribution < 1.29 is 13.2 Å². The molecule has 0 fully saturated rings. The van der Waals surface area contributed by atoms with Crippen LogP contribution in [0.25, 0.3) is 0 Å². The van der Waals surface area contributed by atoms with Crippen molar-refractivity contribution in [3.8, 4) is 0 Å². The predicted molar refractivity (Wildman–Crippen MR) is 101 cm³/mol. The van der Waals surface area contributed by atoms with Gasteiger partial charge in [-0.15, -0.1) is 11.8 Å². The maximum absolute atomic E-state index is 12.1. The monoisotopic (exact) mass is 428 g/mol. The summed E-state index contributed by atoms with van der Waals surface area (Å²) in [6, 6.07) is 13.9. The number of carbonyl (C=O) groups is 1. The first-order chi connectivity index (χ1) is 11.3. The minimum Gasteiger partial charge on any atom is -0.325 e. The van der Waals surface area contributed by atoms with Crippen molar-refractivity contribution in [3.63, 3.8) is 0 Å². The molecule has 0 atom stereocenters. The van der Waals surface area contributed by atoms with Crippen LogP contribution < -0.4 is 5.32 Å². The molecule has 0 heterocycles. The normalized spacial score (nSPS) is 11.5. The molecule has 24 heavy (non-hydrogen) atoms. The highest BCUT2D eigenvalue weighted by atomic mass is 79.9. The first-order valence-electron chi connectivity index (χ1n) is 7.00. The lowest BCUT2D eigenvalue weighted by Crippen LogP contribution is -2.22. The Morgan fingerprint density at radius 1 is 1.17 bits per heavy atom. The van der Waals surface area contributed by atoms with E-state index in [4.69, 9.17) is 0 Å². The van der Waals surface area contributed by atoms with E-state index in [1.807, 2.05) is 24.3 Å². The number of anilines is 1. The summed E-state index contributed by atoms with van der Waals surface area (Å²) in [4.78, 5) is 13.2. The zero-order valence-electron chi connectivity index (χ0n) is 13.2. The Hall–Kier alpha value is -1.35. The minimum atomic E-state index is -3.52. The molecule has 5 nitrogen and oxygen atoms in total. The van der Waals surface area contributed by atoms with E-state index in [1.54, 1.807) is 12.1 Å². The molecule has 1 N–H and O–H groups in total. The van der Waals surface area contributed by atoms with Crippen molar-refractivity contribution in [1.29, 1.82) is 0 Å². The number of nitrogens with zero attached hydrogens (tertiary/aromatic N) is 1. The molecule has 128 valence electrons. The summed E-state index contributed by atoms with van der Waals surface area (Å²) in [5, 5.41) is 2.72. The van der Waals surface area contributed by atoms with Crippen LogP contribution in [0.4, 0.5) is 5.69 Å². The van der Waals surface area contributed by atoms with Gasteiger partial charge in [-0.1, -0.05) is 22.0 Å². The zero-order valence-corrected chi connectivity index (χ0v) is 16.4. The van der Waals surface area contributed by atoms with Crippen LogP contribution in [-0.2, 0) is 14.8 Å². The van der Waals surface area contributed by atoms with Gasteiger partial charge in [-0.2, -0.15) is 0 Å². The van der Waals surface area contributed by atoms with Gasteiger partial charge >= 0.3 is 0 Å². The smallest absolute Gasteiger partial charge is 0.242 e.